The van der Waals surface area contributed by atoms with E-state index in [1.54, 1.807) is 0 Å². The molecule has 21 heavy (non-hydrogen) atoms. The molecular weight excluding hydrogens is 288 g/mol. The molecule has 0 bridgehead atoms. The van der Waals surface area contributed by atoms with E-state index in [-0.39, 0.29) is 24.4 Å². The smallest absolute Gasteiger partial charge is 0.228 e. The average Bonchev–Trinajstić information content (AvgIpc) is 3.03. The van der Waals surface area contributed by atoms with Crippen molar-refractivity contribution in [2.75, 3.05) is 13.1 Å². The van der Waals surface area contributed by atoms with Crippen LogP contribution in [0.3, 0.4) is 0 Å². The third-order valence-electron chi connectivity index (χ3n) is 4.18. The van der Waals surface area contributed by atoms with E-state index in [1.165, 1.54) is 0 Å². The number of aromatic amines is 1. The van der Waals surface area contributed by atoms with Gasteiger partial charge in [0.1, 0.15) is 0 Å². The van der Waals surface area contributed by atoms with Crippen LogP contribution in [0.15, 0.2) is 24.3 Å². The first kappa shape index (κ1) is 15.8. The number of amides is 1. The maximum Gasteiger partial charge on any atom is 0.228 e. The lowest BCUT2D eigenvalue weighted by Crippen LogP contribution is -2.35. The molecule has 0 saturated carbocycles. The standard InChI is InChI=1S/C15H20N4O.ClH/c1-10-6-11(8-16)9-19(10)15(20)7-14-12-4-2-3-5-13(12)17-18-14;/h2-5,10-11H,6-9,16H2,1H3,(H,17,18);1H. The Labute approximate surface area is 130 Å². The van der Waals surface area contributed by atoms with E-state index < -0.39 is 0 Å². The zero-order valence-electron chi connectivity index (χ0n) is 12.1. The fourth-order valence-corrected chi connectivity index (χ4v) is 3.06. The van der Waals surface area contributed by atoms with Gasteiger partial charge in [0.25, 0.3) is 0 Å². The van der Waals surface area contributed by atoms with E-state index in [0.29, 0.717) is 18.9 Å². The third kappa shape index (κ3) is 3.04. The van der Waals surface area contributed by atoms with Crippen LogP contribution in [0.4, 0.5) is 0 Å². The molecule has 0 spiro atoms. The van der Waals surface area contributed by atoms with Gasteiger partial charge in [0.05, 0.1) is 17.6 Å². The molecule has 1 aromatic heterocycles. The second-order valence-electron chi connectivity index (χ2n) is 5.63. The number of fused-ring (bicyclic) bond motifs is 1. The number of likely N-dealkylation sites (tertiary alicyclic amines) is 1. The van der Waals surface area contributed by atoms with Gasteiger partial charge >= 0.3 is 0 Å². The largest absolute Gasteiger partial charge is 0.339 e. The highest BCUT2D eigenvalue weighted by Gasteiger charge is 2.31. The lowest BCUT2D eigenvalue weighted by atomic mass is 10.1. The highest BCUT2D eigenvalue weighted by atomic mass is 35.5. The van der Waals surface area contributed by atoms with Gasteiger partial charge in [-0.15, -0.1) is 12.4 Å². The number of benzene rings is 1. The quantitative estimate of drug-likeness (QED) is 0.906. The zero-order chi connectivity index (χ0) is 14.1. The lowest BCUT2D eigenvalue weighted by Gasteiger charge is -2.21. The lowest BCUT2D eigenvalue weighted by molar-refractivity contribution is -0.131. The van der Waals surface area contributed by atoms with Crippen molar-refractivity contribution in [1.29, 1.82) is 0 Å². The number of nitrogens with one attached hydrogen (secondary N) is 1. The van der Waals surface area contributed by atoms with Crippen LogP contribution in [0.5, 0.6) is 0 Å². The Morgan fingerprint density at radius 2 is 2.24 bits per heavy atom. The molecule has 114 valence electrons. The average molecular weight is 309 g/mol. The first-order chi connectivity index (χ1) is 9.69. The molecule has 2 unspecified atom stereocenters. The number of H-pyrrole nitrogens is 1. The molecule has 1 saturated heterocycles. The summed E-state index contributed by atoms with van der Waals surface area (Å²) in [6.45, 7) is 3.53. The molecule has 3 N–H and O–H groups in total. The maximum atomic E-state index is 12.5. The normalized spacial score (nSPS) is 21.5. The third-order valence-corrected chi connectivity index (χ3v) is 4.18. The number of hydrogen-bond donors (Lipinski definition) is 2. The zero-order valence-corrected chi connectivity index (χ0v) is 12.9. The molecule has 1 aliphatic rings. The Hall–Kier alpha value is -1.59. The Morgan fingerprint density at radius 1 is 1.48 bits per heavy atom. The van der Waals surface area contributed by atoms with E-state index in [4.69, 9.17) is 5.73 Å². The van der Waals surface area contributed by atoms with E-state index in [0.717, 1.165) is 29.6 Å². The molecular formula is C15H21ClN4O. The van der Waals surface area contributed by atoms with Gasteiger partial charge in [-0.25, -0.2) is 0 Å². The summed E-state index contributed by atoms with van der Waals surface area (Å²) in [4.78, 5) is 14.4. The topological polar surface area (TPSA) is 75.0 Å². The van der Waals surface area contributed by atoms with Crippen LogP contribution < -0.4 is 5.73 Å². The summed E-state index contributed by atoms with van der Waals surface area (Å²) in [5, 5.41) is 8.25. The maximum absolute atomic E-state index is 12.5. The van der Waals surface area contributed by atoms with Gasteiger partial charge in [0, 0.05) is 18.0 Å². The fourth-order valence-electron chi connectivity index (χ4n) is 3.06. The SMILES string of the molecule is CC1CC(CN)CN1C(=O)Cc1[nH]nc2ccccc12.Cl. The number of aromatic nitrogens is 2. The molecule has 0 aliphatic carbocycles. The number of carbonyl (C=O) groups is 1. The summed E-state index contributed by atoms with van der Waals surface area (Å²) in [6.07, 6.45) is 1.38. The van der Waals surface area contributed by atoms with Crippen molar-refractivity contribution in [2.24, 2.45) is 11.7 Å². The van der Waals surface area contributed by atoms with Crippen molar-refractivity contribution in [1.82, 2.24) is 15.1 Å². The molecule has 2 aromatic rings. The molecule has 1 fully saturated rings. The second kappa shape index (κ2) is 6.45. The summed E-state index contributed by atoms with van der Waals surface area (Å²) in [7, 11) is 0. The number of carbonyl (C=O) groups excluding carboxylic acids is 1. The highest BCUT2D eigenvalue weighted by molar-refractivity contribution is 5.87. The van der Waals surface area contributed by atoms with Crippen LogP contribution in [0.2, 0.25) is 0 Å². The molecule has 6 heteroatoms. The van der Waals surface area contributed by atoms with Crippen molar-refractivity contribution in [3.63, 3.8) is 0 Å². The van der Waals surface area contributed by atoms with Gasteiger partial charge in [0.2, 0.25) is 5.91 Å². The molecule has 3 rings (SSSR count). The molecule has 1 aromatic carbocycles. The van der Waals surface area contributed by atoms with E-state index in [9.17, 15) is 4.79 Å². The Morgan fingerprint density at radius 3 is 2.95 bits per heavy atom. The Balaban J connectivity index is 0.00000161. The van der Waals surface area contributed by atoms with Gasteiger partial charge in [-0.1, -0.05) is 18.2 Å². The second-order valence-corrected chi connectivity index (χ2v) is 5.63. The summed E-state index contributed by atoms with van der Waals surface area (Å²) in [6, 6.07) is 8.14. The molecule has 1 aliphatic heterocycles. The minimum atomic E-state index is 0. The van der Waals surface area contributed by atoms with Gasteiger partial charge in [-0.05, 0) is 31.9 Å². The van der Waals surface area contributed by atoms with Gasteiger partial charge in [0.15, 0.2) is 0 Å². The predicted octanol–water partition coefficient (Wildman–Crippen LogP) is 1.72. The predicted molar refractivity (Wildman–Crippen MR) is 85.4 cm³/mol. The summed E-state index contributed by atoms with van der Waals surface area (Å²) in [5.41, 5.74) is 7.52. The van der Waals surface area contributed by atoms with Crippen molar-refractivity contribution in [3.8, 4) is 0 Å². The first-order valence-electron chi connectivity index (χ1n) is 7.10. The summed E-state index contributed by atoms with van der Waals surface area (Å²) in [5.74, 6) is 0.593. The Kier molecular flexibility index (Phi) is 4.85. The minimum absolute atomic E-state index is 0. The van der Waals surface area contributed by atoms with Crippen LogP contribution in [0, 0.1) is 5.92 Å². The Bertz CT molecular complexity index is 627. The minimum Gasteiger partial charge on any atom is -0.339 e. The van der Waals surface area contributed by atoms with Crippen LogP contribution in [0.1, 0.15) is 19.0 Å². The fraction of sp³-hybridized carbons (Fsp3) is 0.467. The van der Waals surface area contributed by atoms with Crippen molar-refractivity contribution in [2.45, 2.75) is 25.8 Å². The first-order valence-corrected chi connectivity index (χ1v) is 7.10. The molecule has 1 amide bonds. The van der Waals surface area contributed by atoms with Gasteiger partial charge in [-0.3, -0.25) is 9.89 Å². The highest BCUT2D eigenvalue weighted by Crippen LogP contribution is 2.24. The van der Waals surface area contributed by atoms with Crippen molar-refractivity contribution < 1.29 is 4.79 Å². The van der Waals surface area contributed by atoms with Crippen molar-refractivity contribution in [3.05, 3.63) is 30.0 Å². The van der Waals surface area contributed by atoms with Gasteiger partial charge < -0.3 is 10.6 Å². The number of halogens is 1. The van der Waals surface area contributed by atoms with Crippen LogP contribution in [0.25, 0.3) is 10.9 Å². The van der Waals surface area contributed by atoms with Crippen LogP contribution in [-0.4, -0.2) is 40.1 Å². The van der Waals surface area contributed by atoms with Crippen LogP contribution in [-0.2, 0) is 11.2 Å². The molecule has 5 nitrogen and oxygen atoms in total. The number of nitrogens with zero attached hydrogens (tertiary/aromatic N) is 2. The van der Waals surface area contributed by atoms with E-state index in [1.807, 2.05) is 29.2 Å². The number of para-hydroxylation sites is 1. The van der Waals surface area contributed by atoms with Crippen molar-refractivity contribution >= 4 is 29.2 Å². The monoisotopic (exact) mass is 308 g/mol. The van der Waals surface area contributed by atoms with Gasteiger partial charge in [-0.2, -0.15) is 5.10 Å². The summed E-state index contributed by atoms with van der Waals surface area (Å²) >= 11 is 0. The molecule has 0 radical (unpaired) electrons. The summed E-state index contributed by atoms with van der Waals surface area (Å²) < 4.78 is 0. The molecule has 2 heterocycles. The van der Waals surface area contributed by atoms with Crippen LogP contribution >= 0.6 is 12.4 Å². The van der Waals surface area contributed by atoms with E-state index >= 15 is 0 Å². The number of nitrogens with two attached hydrogens (primary N) is 1. The molecule has 2 atom stereocenters. The number of hydrogen-bond acceptors (Lipinski definition) is 3. The van der Waals surface area contributed by atoms with E-state index in [2.05, 4.69) is 17.1 Å². The number of rotatable bonds is 3.